The zero-order valence-electron chi connectivity index (χ0n) is 13.8. The number of nitrogens with zero attached hydrogens (tertiary/aromatic N) is 4. The van der Waals surface area contributed by atoms with Gasteiger partial charge in [0.2, 0.25) is 15.0 Å². The van der Waals surface area contributed by atoms with Crippen molar-refractivity contribution >= 4 is 44.9 Å². The fourth-order valence-electron chi connectivity index (χ4n) is 2.74. The van der Waals surface area contributed by atoms with E-state index in [1.165, 1.54) is 23.0 Å². The van der Waals surface area contributed by atoms with Crippen molar-refractivity contribution in [3.05, 3.63) is 34.6 Å². The number of carbonyl (C=O) groups excluding carboxylic acids is 1. The highest BCUT2D eigenvalue weighted by Gasteiger charge is 2.37. The molecule has 3 rings (SSSR count). The van der Waals surface area contributed by atoms with Gasteiger partial charge in [0.15, 0.2) is 0 Å². The molecular formula is C15H16Cl2N4O3S. The minimum Gasteiger partial charge on any atom is -0.290 e. The molecule has 1 aromatic heterocycles. The molecule has 1 aliphatic carbocycles. The van der Waals surface area contributed by atoms with Crippen LogP contribution in [0.15, 0.2) is 34.2 Å². The number of halogens is 2. The maximum Gasteiger partial charge on any atom is 0.330 e. The fourth-order valence-corrected chi connectivity index (χ4v) is 3.90. The van der Waals surface area contributed by atoms with Gasteiger partial charge in [-0.05, 0) is 12.0 Å². The minimum atomic E-state index is -3.57. The number of amides is 2. The van der Waals surface area contributed by atoms with Gasteiger partial charge in [-0.3, -0.25) is 9.80 Å². The minimum absolute atomic E-state index is 0.0162. The summed E-state index contributed by atoms with van der Waals surface area (Å²) in [7, 11) is -2.05. The van der Waals surface area contributed by atoms with E-state index < -0.39 is 15.2 Å². The van der Waals surface area contributed by atoms with Gasteiger partial charge in [-0.2, -0.15) is 0 Å². The van der Waals surface area contributed by atoms with Crippen molar-refractivity contribution in [2.75, 3.05) is 18.2 Å². The van der Waals surface area contributed by atoms with Crippen LogP contribution in [-0.4, -0.2) is 48.0 Å². The smallest absolute Gasteiger partial charge is 0.290 e. The van der Waals surface area contributed by atoms with Crippen LogP contribution in [0.5, 0.6) is 0 Å². The SMILES string of the molecule is CC1C=CC(Cl)=C(N2Cc3cnc(S(C)(=O)=O)nc3N(C)C2=O)C1Cl. The zero-order valence-corrected chi connectivity index (χ0v) is 16.1. The molecule has 1 aliphatic heterocycles. The number of hydrogen-bond donors (Lipinski definition) is 0. The first-order valence-corrected chi connectivity index (χ1v) is 10.1. The first-order chi connectivity index (χ1) is 11.6. The van der Waals surface area contributed by atoms with Crippen molar-refractivity contribution in [2.24, 2.45) is 5.92 Å². The van der Waals surface area contributed by atoms with E-state index in [-0.39, 0.29) is 29.5 Å². The van der Waals surface area contributed by atoms with Crippen molar-refractivity contribution in [3.63, 3.8) is 0 Å². The van der Waals surface area contributed by atoms with E-state index in [0.29, 0.717) is 16.3 Å². The number of anilines is 1. The van der Waals surface area contributed by atoms with E-state index in [0.717, 1.165) is 6.26 Å². The van der Waals surface area contributed by atoms with Crippen molar-refractivity contribution in [1.82, 2.24) is 14.9 Å². The zero-order chi connectivity index (χ0) is 18.5. The van der Waals surface area contributed by atoms with Crippen molar-refractivity contribution in [2.45, 2.75) is 24.0 Å². The van der Waals surface area contributed by atoms with Crippen molar-refractivity contribution in [1.29, 1.82) is 0 Å². The molecule has 0 spiro atoms. The lowest BCUT2D eigenvalue weighted by Crippen LogP contribution is -2.47. The largest absolute Gasteiger partial charge is 0.330 e. The van der Waals surface area contributed by atoms with E-state index in [4.69, 9.17) is 23.2 Å². The monoisotopic (exact) mass is 402 g/mol. The van der Waals surface area contributed by atoms with E-state index in [1.807, 2.05) is 13.0 Å². The third-order valence-electron chi connectivity index (χ3n) is 4.12. The van der Waals surface area contributed by atoms with Crippen LogP contribution in [0.3, 0.4) is 0 Å². The average molecular weight is 403 g/mol. The number of fused-ring (bicyclic) bond motifs is 1. The van der Waals surface area contributed by atoms with Gasteiger partial charge in [-0.1, -0.05) is 24.6 Å². The Morgan fingerprint density at radius 3 is 2.68 bits per heavy atom. The number of hydrogen-bond acceptors (Lipinski definition) is 5. The van der Waals surface area contributed by atoms with E-state index in [9.17, 15) is 13.2 Å². The predicted molar refractivity (Wildman–Crippen MR) is 95.3 cm³/mol. The van der Waals surface area contributed by atoms with Gasteiger partial charge in [-0.25, -0.2) is 23.2 Å². The molecule has 2 atom stereocenters. The molecule has 0 bridgehead atoms. The molecule has 0 fully saturated rings. The number of allylic oxidation sites excluding steroid dienone is 4. The molecular weight excluding hydrogens is 387 g/mol. The number of alkyl halides is 1. The second-order valence-corrected chi connectivity index (χ2v) is 8.84. The fraction of sp³-hybridized carbons (Fsp3) is 0.400. The molecule has 0 radical (unpaired) electrons. The molecule has 0 saturated heterocycles. The highest BCUT2D eigenvalue weighted by Crippen LogP contribution is 2.37. The first kappa shape index (κ1) is 18.2. The Bertz CT molecular complexity index is 913. The van der Waals surface area contributed by atoms with Crippen LogP contribution in [0, 0.1) is 5.92 Å². The normalized spacial score (nSPS) is 24.0. The molecule has 0 saturated carbocycles. The second-order valence-electron chi connectivity index (χ2n) is 6.05. The van der Waals surface area contributed by atoms with Crippen molar-refractivity contribution < 1.29 is 13.2 Å². The molecule has 2 heterocycles. The number of carbonyl (C=O) groups is 1. The Balaban J connectivity index is 2.06. The summed E-state index contributed by atoms with van der Waals surface area (Å²) >= 11 is 12.8. The standard InChI is InChI=1S/C15H16Cl2N4O3S/c1-8-4-5-10(16)12(11(8)17)21-7-9-6-18-14(25(3,23)24)19-13(9)20(2)15(21)22/h4-6,8,11H,7H2,1-3H3. The van der Waals surface area contributed by atoms with Gasteiger partial charge in [0.25, 0.3) is 0 Å². The summed E-state index contributed by atoms with van der Waals surface area (Å²) in [5.74, 6) is 0.279. The van der Waals surface area contributed by atoms with Gasteiger partial charge in [-0.15, -0.1) is 11.6 Å². The number of sulfone groups is 1. The van der Waals surface area contributed by atoms with Crippen LogP contribution in [0.4, 0.5) is 10.6 Å². The molecule has 10 heteroatoms. The summed E-state index contributed by atoms with van der Waals surface area (Å²) in [4.78, 5) is 23.5. The van der Waals surface area contributed by atoms with Gasteiger partial charge in [0, 0.05) is 25.1 Å². The Morgan fingerprint density at radius 2 is 2.04 bits per heavy atom. The molecule has 2 amide bonds. The lowest BCUT2D eigenvalue weighted by molar-refractivity contribution is 0.211. The molecule has 0 aromatic carbocycles. The van der Waals surface area contributed by atoms with Crippen LogP contribution in [-0.2, 0) is 16.4 Å². The lowest BCUT2D eigenvalue weighted by atomic mass is 9.98. The third-order valence-corrected chi connectivity index (χ3v) is 5.90. The molecule has 2 aliphatic rings. The lowest BCUT2D eigenvalue weighted by Gasteiger charge is -2.38. The Hall–Kier alpha value is -1.64. The topological polar surface area (TPSA) is 83.5 Å². The number of aromatic nitrogens is 2. The summed E-state index contributed by atoms with van der Waals surface area (Å²) in [6, 6.07) is -0.382. The summed E-state index contributed by atoms with van der Waals surface area (Å²) < 4.78 is 23.3. The van der Waals surface area contributed by atoms with Gasteiger partial charge in [0.05, 0.1) is 22.7 Å². The molecule has 134 valence electrons. The van der Waals surface area contributed by atoms with Gasteiger partial charge < -0.3 is 0 Å². The predicted octanol–water partition coefficient (Wildman–Crippen LogP) is 2.52. The summed E-state index contributed by atoms with van der Waals surface area (Å²) in [6.45, 7) is 2.10. The third kappa shape index (κ3) is 3.14. The summed E-state index contributed by atoms with van der Waals surface area (Å²) in [5, 5.41) is -0.370. The maximum atomic E-state index is 12.8. The molecule has 0 N–H and O–H groups in total. The molecule has 1 aromatic rings. The second kappa shape index (κ2) is 6.26. The maximum absolute atomic E-state index is 12.8. The molecule has 2 unspecified atom stereocenters. The van der Waals surface area contributed by atoms with Crippen LogP contribution in [0.1, 0.15) is 12.5 Å². The highest BCUT2D eigenvalue weighted by molar-refractivity contribution is 7.90. The van der Waals surface area contributed by atoms with Crippen LogP contribution in [0.25, 0.3) is 0 Å². The Labute approximate surface area is 155 Å². The van der Waals surface area contributed by atoms with Gasteiger partial charge in [0.1, 0.15) is 5.82 Å². The van der Waals surface area contributed by atoms with E-state index in [1.54, 1.807) is 6.08 Å². The summed E-state index contributed by atoms with van der Waals surface area (Å²) in [6.07, 6.45) is 6.04. The van der Waals surface area contributed by atoms with Gasteiger partial charge >= 0.3 is 6.03 Å². The number of urea groups is 1. The van der Waals surface area contributed by atoms with E-state index >= 15 is 0 Å². The summed E-state index contributed by atoms with van der Waals surface area (Å²) in [5.41, 5.74) is 1.13. The van der Waals surface area contributed by atoms with Crippen LogP contribution in [0.2, 0.25) is 0 Å². The quantitative estimate of drug-likeness (QED) is 0.560. The Kier molecular flexibility index (Phi) is 4.55. The van der Waals surface area contributed by atoms with E-state index in [2.05, 4.69) is 9.97 Å². The van der Waals surface area contributed by atoms with Crippen molar-refractivity contribution in [3.8, 4) is 0 Å². The first-order valence-electron chi connectivity index (χ1n) is 7.44. The molecule has 25 heavy (non-hydrogen) atoms. The highest BCUT2D eigenvalue weighted by atomic mass is 35.5. The Morgan fingerprint density at radius 1 is 1.36 bits per heavy atom. The van der Waals surface area contributed by atoms with Crippen LogP contribution >= 0.6 is 23.2 Å². The number of rotatable bonds is 2. The van der Waals surface area contributed by atoms with Crippen LogP contribution < -0.4 is 4.90 Å². The average Bonchev–Trinajstić information content (AvgIpc) is 2.54. The molecule has 7 nitrogen and oxygen atoms in total.